The molecule has 0 saturated carbocycles. The van der Waals surface area contributed by atoms with E-state index in [-0.39, 0.29) is 23.0 Å². The molecular formula is C16H16FNO3S. The van der Waals surface area contributed by atoms with Crippen molar-refractivity contribution in [1.82, 2.24) is 0 Å². The number of hydrogen-bond acceptors (Lipinski definition) is 3. The van der Waals surface area contributed by atoms with Crippen molar-refractivity contribution in [3.05, 3.63) is 59.9 Å². The fourth-order valence-electron chi connectivity index (χ4n) is 1.93. The molecule has 0 aromatic heterocycles. The van der Waals surface area contributed by atoms with E-state index in [2.05, 4.69) is 5.32 Å². The number of carbonyl (C=O) groups is 1. The summed E-state index contributed by atoms with van der Waals surface area (Å²) in [5.41, 5.74) is 0.779. The average Bonchev–Trinajstić information content (AvgIpc) is 2.50. The number of hydrogen-bond donors (Lipinski definition) is 1. The summed E-state index contributed by atoms with van der Waals surface area (Å²) in [7, 11) is -3.26. The van der Waals surface area contributed by atoms with Crippen LogP contribution in [-0.2, 0) is 21.1 Å². The SMILES string of the molecule is CCS(=O)(=O)c1ccc(NC(=O)Cc2ccccc2F)cc1. The molecule has 0 atom stereocenters. The summed E-state index contributed by atoms with van der Waals surface area (Å²) in [6.07, 6.45) is -0.0817. The second-order valence-corrected chi connectivity index (χ2v) is 7.02. The third-order valence-corrected chi connectivity index (χ3v) is 4.94. The minimum atomic E-state index is -3.26. The molecule has 0 aliphatic carbocycles. The highest BCUT2D eigenvalue weighted by atomic mass is 32.2. The lowest BCUT2D eigenvalue weighted by Crippen LogP contribution is -2.15. The number of anilines is 1. The van der Waals surface area contributed by atoms with Crippen molar-refractivity contribution in [1.29, 1.82) is 0 Å². The Bertz CT molecular complexity index is 770. The third kappa shape index (κ3) is 3.92. The van der Waals surface area contributed by atoms with Gasteiger partial charge in [0, 0.05) is 5.69 Å². The predicted molar refractivity (Wildman–Crippen MR) is 82.9 cm³/mol. The van der Waals surface area contributed by atoms with E-state index in [1.165, 1.54) is 30.3 Å². The van der Waals surface area contributed by atoms with Crippen molar-refractivity contribution in [2.75, 3.05) is 11.1 Å². The molecular weight excluding hydrogens is 305 g/mol. The van der Waals surface area contributed by atoms with Gasteiger partial charge < -0.3 is 5.32 Å². The lowest BCUT2D eigenvalue weighted by atomic mass is 10.1. The first-order chi connectivity index (χ1) is 10.4. The lowest BCUT2D eigenvalue weighted by molar-refractivity contribution is -0.115. The van der Waals surface area contributed by atoms with Crippen LogP contribution in [0.1, 0.15) is 12.5 Å². The van der Waals surface area contributed by atoms with Crippen molar-refractivity contribution >= 4 is 21.4 Å². The first-order valence-corrected chi connectivity index (χ1v) is 8.43. The van der Waals surface area contributed by atoms with Gasteiger partial charge in [-0.25, -0.2) is 12.8 Å². The second-order valence-electron chi connectivity index (χ2n) is 4.74. The molecule has 0 fully saturated rings. The topological polar surface area (TPSA) is 63.2 Å². The van der Waals surface area contributed by atoms with Gasteiger partial charge in [0.05, 0.1) is 17.1 Å². The highest BCUT2D eigenvalue weighted by molar-refractivity contribution is 7.91. The Morgan fingerprint density at radius 1 is 1.09 bits per heavy atom. The Kier molecular flexibility index (Phi) is 4.92. The zero-order valence-corrected chi connectivity index (χ0v) is 12.9. The molecule has 116 valence electrons. The van der Waals surface area contributed by atoms with E-state index in [4.69, 9.17) is 0 Å². The van der Waals surface area contributed by atoms with Crippen LogP contribution in [0.25, 0.3) is 0 Å². The van der Waals surface area contributed by atoms with Crippen LogP contribution in [0.15, 0.2) is 53.4 Å². The minimum absolute atomic E-state index is 0.0198. The number of nitrogens with one attached hydrogen (secondary N) is 1. The Balaban J connectivity index is 2.05. The van der Waals surface area contributed by atoms with Gasteiger partial charge in [-0.05, 0) is 35.9 Å². The highest BCUT2D eigenvalue weighted by Gasteiger charge is 2.12. The van der Waals surface area contributed by atoms with Crippen molar-refractivity contribution in [3.63, 3.8) is 0 Å². The molecule has 0 bridgehead atoms. The van der Waals surface area contributed by atoms with E-state index >= 15 is 0 Å². The van der Waals surface area contributed by atoms with Gasteiger partial charge in [0.25, 0.3) is 0 Å². The largest absolute Gasteiger partial charge is 0.326 e. The summed E-state index contributed by atoms with van der Waals surface area (Å²) in [6, 6.07) is 12.0. The van der Waals surface area contributed by atoms with Gasteiger partial charge in [0.2, 0.25) is 5.91 Å². The van der Waals surface area contributed by atoms with E-state index in [9.17, 15) is 17.6 Å². The number of amides is 1. The fourth-order valence-corrected chi connectivity index (χ4v) is 2.82. The zero-order valence-electron chi connectivity index (χ0n) is 12.0. The molecule has 22 heavy (non-hydrogen) atoms. The van der Waals surface area contributed by atoms with Gasteiger partial charge in [0.15, 0.2) is 9.84 Å². The molecule has 2 aromatic carbocycles. The van der Waals surface area contributed by atoms with Crippen LogP contribution < -0.4 is 5.32 Å². The van der Waals surface area contributed by atoms with Crippen molar-refractivity contribution in [3.8, 4) is 0 Å². The van der Waals surface area contributed by atoms with Crippen LogP contribution in [0.5, 0.6) is 0 Å². The summed E-state index contributed by atoms with van der Waals surface area (Å²) in [6.45, 7) is 1.57. The molecule has 0 unspecified atom stereocenters. The molecule has 0 heterocycles. The second kappa shape index (κ2) is 6.70. The smallest absolute Gasteiger partial charge is 0.228 e. The molecule has 0 aliphatic rings. The number of rotatable bonds is 5. The van der Waals surface area contributed by atoms with Crippen LogP contribution in [-0.4, -0.2) is 20.1 Å². The summed E-state index contributed by atoms with van der Waals surface area (Å²) in [5, 5.41) is 2.61. The summed E-state index contributed by atoms with van der Waals surface area (Å²) in [5.74, 6) is -0.773. The third-order valence-electron chi connectivity index (χ3n) is 3.19. The molecule has 0 saturated heterocycles. The highest BCUT2D eigenvalue weighted by Crippen LogP contribution is 2.16. The van der Waals surface area contributed by atoms with Gasteiger partial charge in [-0.3, -0.25) is 4.79 Å². The van der Waals surface area contributed by atoms with Crippen molar-refractivity contribution in [2.24, 2.45) is 0 Å². The molecule has 2 rings (SSSR count). The maximum atomic E-state index is 13.5. The first-order valence-electron chi connectivity index (χ1n) is 6.78. The Hall–Kier alpha value is -2.21. The maximum absolute atomic E-state index is 13.5. The van der Waals surface area contributed by atoms with E-state index in [1.54, 1.807) is 25.1 Å². The van der Waals surface area contributed by atoms with Gasteiger partial charge in [-0.1, -0.05) is 25.1 Å². The van der Waals surface area contributed by atoms with Crippen LogP contribution in [0.4, 0.5) is 10.1 Å². The van der Waals surface area contributed by atoms with Gasteiger partial charge >= 0.3 is 0 Å². The summed E-state index contributed by atoms with van der Waals surface area (Å²) < 4.78 is 36.8. The standard InChI is InChI=1S/C16H16FNO3S/c1-2-22(20,21)14-9-7-13(8-10-14)18-16(19)11-12-5-3-4-6-15(12)17/h3-10H,2,11H2,1H3,(H,18,19). The van der Waals surface area contributed by atoms with E-state index in [1.807, 2.05) is 0 Å². The van der Waals surface area contributed by atoms with Crippen LogP contribution in [0.2, 0.25) is 0 Å². The fraction of sp³-hybridized carbons (Fsp3) is 0.188. The van der Waals surface area contributed by atoms with Gasteiger partial charge in [-0.2, -0.15) is 0 Å². The maximum Gasteiger partial charge on any atom is 0.228 e. The summed E-state index contributed by atoms with van der Waals surface area (Å²) in [4.78, 5) is 12.1. The summed E-state index contributed by atoms with van der Waals surface area (Å²) >= 11 is 0. The van der Waals surface area contributed by atoms with Crippen LogP contribution >= 0.6 is 0 Å². The average molecular weight is 321 g/mol. The monoisotopic (exact) mass is 321 g/mol. The molecule has 2 aromatic rings. The van der Waals surface area contributed by atoms with Crippen molar-refractivity contribution in [2.45, 2.75) is 18.2 Å². The normalized spacial score (nSPS) is 11.2. The number of halogens is 1. The Morgan fingerprint density at radius 2 is 1.73 bits per heavy atom. The molecule has 1 N–H and O–H groups in total. The molecule has 1 amide bonds. The molecule has 0 radical (unpaired) electrons. The zero-order chi connectivity index (χ0) is 16.2. The molecule has 0 spiro atoms. The van der Waals surface area contributed by atoms with E-state index in [0.29, 0.717) is 11.3 Å². The Morgan fingerprint density at radius 3 is 2.32 bits per heavy atom. The number of sulfone groups is 1. The molecule has 0 aliphatic heterocycles. The van der Waals surface area contributed by atoms with E-state index < -0.39 is 15.7 Å². The predicted octanol–water partition coefficient (Wildman–Crippen LogP) is 2.80. The quantitative estimate of drug-likeness (QED) is 0.921. The number of carbonyl (C=O) groups excluding carboxylic acids is 1. The Labute approximate surface area is 128 Å². The minimum Gasteiger partial charge on any atom is -0.326 e. The molecule has 4 nitrogen and oxygen atoms in total. The first kappa shape index (κ1) is 16.2. The van der Waals surface area contributed by atoms with E-state index in [0.717, 1.165) is 0 Å². The van der Waals surface area contributed by atoms with Crippen LogP contribution in [0.3, 0.4) is 0 Å². The van der Waals surface area contributed by atoms with Gasteiger partial charge in [0.1, 0.15) is 5.82 Å². The van der Waals surface area contributed by atoms with Crippen molar-refractivity contribution < 1.29 is 17.6 Å². The lowest BCUT2D eigenvalue weighted by Gasteiger charge is -2.07. The van der Waals surface area contributed by atoms with Crippen LogP contribution in [0, 0.1) is 5.82 Å². The molecule has 6 heteroatoms. The number of benzene rings is 2. The van der Waals surface area contributed by atoms with Gasteiger partial charge in [-0.15, -0.1) is 0 Å².